The fourth-order valence-electron chi connectivity index (χ4n) is 4.81. The first-order valence-electron chi connectivity index (χ1n) is 11.6. The first-order chi connectivity index (χ1) is 15.6. The third kappa shape index (κ3) is 4.08. The third-order valence-corrected chi connectivity index (χ3v) is 6.65. The molecule has 2 aliphatic heterocycles. The zero-order chi connectivity index (χ0) is 22.1. The molecule has 4 heterocycles. The minimum absolute atomic E-state index is 0.105. The second kappa shape index (κ2) is 8.88. The van der Waals surface area contributed by atoms with Crippen molar-refractivity contribution in [2.75, 3.05) is 30.7 Å². The van der Waals surface area contributed by atoms with Crippen LogP contribution in [0.15, 0.2) is 41.3 Å². The number of piperazine rings is 1. The molecule has 5 rings (SSSR count). The molecule has 2 bridgehead atoms. The molecule has 2 aromatic heterocycles. The minimum Gasteiger partial charge on any atom is -0.369 e. The quantitative estimate of drug-likeness (QED) is 0.468. The van der Waals surface area contributed by atoms with Crippen LogP contribution in [0.25, 0.3) is 10.9 Å². The standard InChI is InChI=1S/C24H31N7O/c1-2-3-9-27-22-21-20(28-24(25)29-22)8-10-30(23(21)32)14-16-4-6-17(7-5-16)15-31-18-11-19(31)13-26-12-18/h4-8,10,18-19,26H,2-3,9,11-15H2,1H3,(H3,25,27,28,29). The molecule has 0 radical (unpaired) electrons. The summed E-state index contributed by atoms with van der Waals surface area (Å²) in [6, 6.07) is 11.8. The number of hydrogen-bond donors (Lipinski definition) is 3. The Labute approximate surface area is 187 Å². The molecule has 0 saturated carbocycles. The number of nitrogens with zero attached hydrogens (tertiary/aromatic N) is 4. The van der Waals surface area contributed by atoms with Crippen LogP contribution in [0.5, 0.6) is 0 Å². The average molecular weight is 434 g/mol. The van der Waals surface area contributed by atoms with Crippen LogP contribution in [0, 0.1) is 0 Å². The first-order valence-corrected chi connectivity index (χ1v) is 11.6. The van der Waals surface area contributed by atoms with E-state index in [2.05, 4.69) is 56.7 Å². The molecule has 0 spiro atoms. The van der Waals surface area contributed by atoms with E-state index in [9.17, 15) is 4.79 Å². The van der Waals surface area contributed by atoms with Gasteiger partial charge in [-0.3, -0.25) is 9.69 Å². The summed E-state index contributed by atoms with van der Waals surface area (Å²) in [6.07, 6.45) is 5.16. The van der Waals surface area contributed by atoms with Crippen LogP contribution < -0.4 is 21.9 Å². The van der Waals surface area contributed by atoms with Gasteiger partial charge < -0.3 is 20.9 Å². The van der Waals surface area contributed by atoms with E-state index in [1.807, 2.05) is 6.07 Å². The summed E-state index contributed by atoms with van der Waals surface area (Å²) < 4.78 is 1.72. The molecule has 8 heteroatoms. The molecule has 32 heavy (non-hydrogen) atoms. The molecule has 2 unspecified atom stereocenters. The smallest absolute Gasteiger partial charge is 0.264 e. The van der Waals surface area contributed by atoms with Gasteiger partial charge in [-0.05, 0) is 30.0 Å². The largest absolute Gasteiger partial charge is 0.369 e. The molecule has 3 aromatic rings. The van der Waals surface area contributed by atoms with Crippen molar-refractivity contribution >= 4 is 22.7 Å². The second-order valence-electron chi connectivity index (χ2n) is 8.91. The molecular weight excluding hydrogens is 402 g/mol. The predicted molar refractivity (Wildman–Crippen MR) is 128 cm³/mol. The highest BCUT2D eigenvalue weighted by Crippen LogP contribution is 2.30. The van der Waals surface area contributed by atoms with Crippen LogP contribution in [0.1, 0.15) is 37.3 Å². The number of piperidine rings is 1. The van der Waals surface area contributed by atoms with Gasteiger partial charge in [0.15, 0.2) is 0 Å². The maximum absolute atomic E-state index is 13.3. The fraction of sp³-hybridized carbons (Fsp3) is 0.458. The van der Waals surface area contributed by atoms with Gasteiger partial charge >= 0.3 is 0 Å². The van der Waals surface area contributed by atoms with Crippen LogP contribution in [0.2, 0.25) is 0 Å². The number of hydrogen-bond acceptors (Lipinski definition) is 7. The van der Waals surface area contributed by atoms with E-state index in [-0.39, 0.29) is 11.5 Å². The highest BCUT2D eigenvalue weighted by Gasteiger charge is 2.40. The summed E-state index contributed by atoms with van der Waals surface area (Å²) in [7, 11) is 0. The summed E-state index contributed by atoms with van der Waals surface area (Å²) >= 11 is 0. The van der Waals surface area contributed by atoms with Gasteiger partial charge in [0.25, 0.3) is 5.56 Å². The third-order valence-electron chi connectivity index (χ3n) is 6.65. The van der Waals surface area contributed by atoms with Crippen molar-refractivity contribution < 1.29 is 0 Å². The molecular formula is C24H31N7O. The number of rotatable bonds is 8. The topological polar surface area (TPSA) is 101 Å². The maximum Gasteiger partial charge on any atom is 0.264 e. The molecule has 1 aromatic carbocycles. The molecule has 168 valence electrons. The molecule has 2 saturated heterocycles. The van der Waals surface area contributed by atoms with Crippen LogP contribution in [0.4, 0.5) is 11.8 Å². The number of nitrogens with one attached hydrogen (secondary N) is 2. The van der Waals surface area contributed by atoms with Gasteiger partial charge in [-0.15, -0.1) is 0 Å². The lowest BCUT2D eigenvalue weighted by molar-refractivity contribution is -0.0206. The summed E-state index contributed by atoms with van der Waals surface area (Å²) in [5.41, 5.74) is 8.74. The predicted octanol–water partition coefficient (Wildman–Crippen LogP) is 2.18. The normalized spacial score (nSPS) is 20.3. The highest BCUT2D eigenvalue weighted by molar-refractivity contribution is 5.89. The van der Waals surface area contributed by atoms with Crippen molar-refractivity contribution in [3.63, 3.8) is 0 Å². The van der Waals surface area contributed by atoms with Crippen molar-refractivity contribution in [1.82, 2.24) is 24.8 Å². The Bertz CT molecular complexity index is 1140. The van der Waals surface area contributed by atoms with Gasteiger partial charge in [0, 0.05) is 44.5 Å². The van der Waals surface area contributed by atoms with Gasteiger partial charge in [-0.1, -0.05) is 37.6 Å². The van der Waals surface area contributed by atoms with Crippen molar-refractivity contribution in [1.29, 1.82) is 0 Å². The van der Waals surface area contributed by atoms with Crippen LogP contribution in [-0.4, -0.2) is 51.2 Å². The van der Waals surface area contributed by atoms with Crippen LogP contribution in [0.3, 0.4) is 0 Å². The Morgan fingerprint density at radius 1 is 1.09 bits per heavy atom. The van der Waals surface area contributed by atoms with Crippen molar-refractivity contribution in [3.8, 4) is 0 Å². The Morgan fingerprint density at radius 3 is 2.50 bits per heavy atom. The van der Waals surface area contributed by atoms with E-state index >= 15 is 0 Å². The van der Waals surface area contributed by atoms with E-state index in [0.29, 0.717) is 35.3 Å². The number of nitrogens with two attached hydrogens (primary N) is 1. The highest BCUT2D eigenvalue weighted by atomic mass is 16.1. The minimum atomic E-state index is -0.105. The molecule has 0 amide bonds. The van der Waals surface area contributed by atoms with E-state index in [4.69, 9.17) is 5.73 Å². The summed E-state index contributed by atoms with van der Waals surface area (Å²) in [5.74, 6) is 0.691. The lowest BCUT2D eigenvalue weighted by Crippen LogP contribution is -2.67. The Kier molecular flexibility index (Phi) is 5.80. The van der Waals surface area contributed by atoms with Gasteiger partial charge in [0.1, 0.15) is 11.2 Å². The Balaban J connectivity index is 1.34. The van der Waals surface area contributed by atoms with Gasteiger partial charge in [-0.2, -0.15) is 4.98 Å². The number of nitrogen functional groups attached to an aromatic ring is 1. The average Bonchev–Trinajstić information content (AvgIpc) is 2.80. The van der Waals surface area contributed by atoms with Crippen molar-refractivity contribution in [2.45, 2.75) is 51.4 Å². The monoisotopic (exact) mass is 433 g/mol. The fourth-order valence-corrected chi connectivity index (χ4v) is 4.81. The van der Waals surface area contributed by atoms with E-state index < -0.39 is 0 Å². The van der Waals surface area contributed by atoms with Gasteiger partial charge in [0.05, 0.1) is 12.1 Å². The van der Waals surface area contributed by atoms with Gasteiger partial charge in [-0.25, -0.2) is 4.98 Å². The first kappa shape index (κ1) is 20.9. The molecule has 8 nitrogen and oxygen atoms in total. The number of benzene rings is 1. The molecule has 2 atom stereocenters. The Hall–Kier alpha value is -2.97. The number of anilines is 2. The molecule has 2 aliphatic rings. The van der Waals surface area contributed by atoms with Crippen molar-refractivity contribution in [3.05, 3.63) is 58.0 Å². The number of pyridine rings is 1. The van der Waals surface area contributed by atoms with Crippen LogP contribution >= 0.6 is 0 Å². The van der Waals surface area contributed by atoms with Crippen LogP contribution in [-0.2, 0) is 13.1 Å². The molecule has 2 fully saturated rings. The summed E-state index contributed by atoms with van der Waals surface area (Å²) in [6.45, 7) is 6.57. The summed E-state index contributed by atoms with van der Waals surface area (Å²) in [4.78, 5) is 24.4. The van der Waals surface area contributed by atoms with Crippen molar-refractivity contribution in [2.24, 2.45) is 0 Å². The SMILES string of the molecule is CCCCNc1nc(N)nc2ccn(Cc3ccc(CN4C5CNCC4C5)cc3)c(=O)c12. The molecule has 4 N–H and O–H groups in total. The van der Waals surface area contributed by atoms with E-state index in [1.165, 1.54) is 12.0 Å². The lowest BCUT2D eigenvalue weighted by Gasteiger charge is -2.53. The Morgan fingerprint density at radius 2 is 1.81 bits per heavy atom. The summed E-state index contributed by atoms with van der Waals surface area (Å²) in [5, 5.41) is 7.24. The zero-order valence-corrected chi connectivity index (χ0v) is 18.6. The maximum atomic E-state index is 13.3. The number of fused-ring (bicyclic) bond motifs is 3. The van der Waals surface area contributed by atoms with Gasteiger partial charge in [0.2, 0.25) is 5.95 Å². The molecule has 0 aliphatic carbocycles. The number of aromatic nitrogens is 3. The van der Waals surface area contributed by atoms with E-state index in [0.717, 1.165) is 44.6 Å². The lowest BCUT2D eigenvalue weighted by atomic mass is 9.88. The van der Waals surface area contributed by atoms with E-state index in [1.54, 1.807) is 10.8 Å². The second-order valence-corrected chi connectivity index (χ2v) is 8.91. The number of unbranched alkanes of at least 4 members (excludes halogenated alkanes) is 1. The zero-order valence-electron chi connectivity index (χ0n) is 18.6.